The SMILES string of the molecule is N[C@@H]1C[C@@]12CCC[C@@H](C(F)(F)F)C2. The van der Waals surface area contributed by atoms with Crippen LogP contribution in [-0.4, -0.2) is 12.2 Å². The van der Waals surface area contributed by atoms with Crippen molar-refractivity contribution in [2.75, 3.05) is 0 Å². The van der Waals surface area contributed by atoms with Gasteiger partial charge in [-0.1, -0.05) is 6.42 Å². The van der Waals surface area contributed by atoms with E-state index in [1.807, 2.05) is 0 Å². The third kappa shape index (κ3) is 1.56. The van der Waals surface area contributed by atoms with Gasteiger partial charge in [-0.15, -0.1) is 0 Å². The smallest absolute Gasteiger partial charge is 0.327 e. The van der Waals surface area contributed by atoms with Gasteiger partial charge in [-0.2, -0.15) is 13.2 Å². The molecule has 2 aliphatic rings. The van der Waals surface area contributed by atoms with Gasteiger partial charge in [0, 0.05) is 6.04 Å². The third-order valence-electron chi connectivity index (χ3n) is 3.60. The van der Waals surface area contributed by atoms with E-state index in [1.165, 1.54) is 0 Å². The molecule has 0 aromatic carbocycles. The Morgan fingerprint density at radius 1 is 1.23 bits per heavy atom. The van der Waals surface area contributed by atoms with Gasteiger partial charge in [0.05, 0.1) is 5.92 Å². The second-order valence-electron chi connectivity index (χ2n) is 4.51. The van der Waals surface area contributed by atoms with E-state index in [1.54, 1.807) is 0 Å². The Hall–Kier alpha value is -0.250. The molecule has 0 radical (unpaired) electrons. The number of nitrogens with two attached hydrogens (primary N) is 1. The first-order valence-electron chi connectivity index (χ1n) is 4.76. The van der Waals surface area contributed by atoms with Gasteiger partial charge in [-0.05, 0) is 31.1 Å². The Balaban J connectivity index is 2.01. The molecular weight excluding hydrogens is 179 g/mol. The summed E-state index contributed by atoms with van der Waals surface area (Å²) in [5, 5.41) is 0. The van der Waals surface area contributed by atoms with Crippen LogP contribution in [0.25, 0.3) is 0 Å². The second kappa shape index (κ2) is 2.62. The van der Waals surface area contributed by atoms with E-state index in [4.69, 9.17) is 5.73 Å². The van der Waals surface area contributed by atoms with Crippen molar-refractivity contribution < 1.29 is 13.2 Å². The Labute approximate surface area is 75.5 Å². The minimum absolute atomic E-state index is 0.0395. The van der Waals surface area contributed by atoms with E-state index >= 15 is 0 Å². The van der Waals surface area contributed by atoms with Gasteiger partial charge >= 0.3 is 6.18 Å². The van der Waals surface area contributed by atoms with Crippen LogP contribution in [0.5, 0.6) is 0 Å². The zero-order valence-corrected chi connectivity index (χ0v) is 7.40. The lowest BCUT2D eigenvalue weighted by Crippen LogP contribution is -2.31. The van der Waals surface area contributed by atoms with Crippen LogP contribution in [-0.2, 0) is 0 Å². The summed E-state index contributed by atoms with van der Waals surface area (Å²) in [5.74, 6) is -1.09. The average molecular weight is 193 g/mol. The summed E-state index contributed by atoms with van der Waals surface area (Å²) in [5.41, 5.74) is 5.54. The topological polar surface area (TPSA) is 26.0 Å². The maximum Gasteiger partial charge on any atom is 0.391 e. The Morgan fingerprint density at radius 3 is 2.31 bits per heavy atom. The fourth-order valence-corrected chi connectivity index (χ4v) is 2.58. The van der Waals surface area contributed by atoms with Crippen LogP contribution in [0, 0.1) is 11.3 Å². The van der Waals surface area contributed by atoms with Gasteiger partial charge in [0.2, 0.25) is 0 Å². The van der Waals surface area contributed by atoms with E-state index in [-0.39, 0.29) is 17.9 Å². The van der Waals surface area contributed by atoms with E-state index in [0.717, 1.165) is 12.8 Å². The minimum atomic E-state index is -4.00. The monoisotopic (exact) mass is 193 g/mol. The van der Waals surface area contributed by atoms with Crippen molar-refractivity contribution in [3.05, 3.63) is 0 Å². The summed E-state index contributed by atoms with van der Waals surface area (Å²) < 4.78 is 37.2. The first-order valence-corrected chi connectivity index (χ1v) is 4.76. The van der Waals surface area contributed by atoms with E-state index in [9.17, 15) is 13.2 Å². The van der Waals surface area contributed by atoms with Crippen LogP contribution >= 0.6 is 0 Å². The highest BCUT2D eigenvalue weighted by Crippen LogP contribution is 2.58. The van der Waals surface area contributed by atoms with Crippen molar-refractivity contribution in [1.29, 1.82) is 0 Å². The molecule has 1 nitrogen and oxygen atoms in total. The molecule has 0 bridgehead atoms. The van der Waals surface area contributed by atoms with Crippen LogP contribution in [0.1, 0.15) is 32.1 Å². The van der Waals surface area contributed by atoms with Crippen LogP contribution < -0.4 is 5.73 Å². The molecule has 0 aromatic heterocycles. The molecule has 76 valence electrons. The molecule has 0 aliphatic heterocycles. The molecule has 0 saturated heterocycles. The Kier molecular flexibility index (Phi) is 1.88. The summed E-state index contributed by atoms with van der Waals surface area (Å²) in [7, 11) is 0. The van der Waals surface area contributed by atoms with Gasteiger partial charge < -0.3 is 5.73 Å². The molecule has 2 fully saturated rings. The Morgan fingerprint density at radius 2 is 1.85 bits per heavy atom. The molecule has 0 unspecified atom stereocenters. The highest BCUT2D eigenvalue weighted by molar-refractivity contribution is 5.08. The maximum atomic E-state index is 12.4. The molecule has 2 saturated carbocycles. The van der Waals surface area contributed by atoms with Gasteiger partial charge in [0.1, 0.15) is 0 Å². The Bertz CT molecular complexity index is 213. The summed E-state index contributed by atoms with van der Waals surface area (Å²) in [4.78, 5) is 0. The highest BCUT2D eigenvalue weighted by Gasteiger charge is 2.57. The van der Waals surface area contributed by atoms with Crippen LogP contribution in [0.3, 0.4) is 0 Å². The molecule has 2 N–H and O–H groups in total. The molecular formula is C9H14F3N. The number of hydrogen-bond donors (Lipinski definition) is 1. The largest absolute Gasteiger partial charge is 0.391 e. The van der Waals surface area contributed by atoms with Crippen LogP contribution in [0.2, 0.25) is 0 Å². The molecule has 13 heavy (non-hydrogen) atoms. The molecule has 1 spiro atoms. The summed E-state index contributed by atoms with van der Waals surface area (Å²) in [6.45, 7) is 0. The average Bonchev–Trinajstić information content (AvgIpc) is 2.59. The van der Waals surface area contributed by atoms with Crippen LogP contribution in [0.15, 0.2) is 0 Å². The number of halogens is 3. The first kappa shape index (κ1) is 9.31. The van der Waals surface area contributed by atoms with Crippen molar-refractivity contribution in [3.63, 3.8) is 0 Å². The third-order valence-corrected chi connectivity index (χ3v) is 3.60. The molecule has 0 aromatic rings. The highest BCUT2D eigenvalue weighted by atomic mass is 19.4. The number of hydrogen-bond acceptors (Lipinski definition) is 1. The summed E-state index contributed by atoms with van der Waals surface area (Å²) in [6.07, 6.45) is -1.02. The number of alkyl halides is 3. The lowest BCUT2D eigenvalue weighted by atomic mass is 9.78. The summed E-state index contributed by atoms with van der Waals surface area (Å²) in [6, 6.07) is 0.0395. The molecule has 3 atom stereocenters. The van der Waals surface area contributed by atoms with E-state index < -0.39 is 12.1 Å². The van der Waals surface area contributed by atoms with E-state index in [2.05, 4.69) is 0 Å². The minimum Gasteiger partial charge on any atom is -0.327 e. The zero-order chi connectivity index (χ0) is 9.69. The van der Waals surface area contributed by atoms with Crippen molar-refractivity contribution in [1.82, 2.24) is 0 Å². The van der Waals surface area contributed by atoms with E-state index in [0.29, 0.717) is 12.8 Å². The first-order chi connectivity index (χ1) is 5.94. The van der Waals surface area contributed by atoms with Gasteiger partial charge in [-0.3, -0.25) is 0 Å². The van der Waals surface area contributed by atoms with Crippen molar-refractivity contribution in [2.24, 2.45) is 17.1 Å². The fourth-order valence-electron chi connectivity index (χ4n) is 2.58. The second-order valence-corrected chi connectivity index (χ2v) is 4.51. The molecule has 2 aliphatic carbocycles. The normalized spacial score (nSPS) is 45.2. The summed E-state index contributed by atoms with van der Waals surface area (Å²) >= 11 is 0. The van der Waals surface area contributed by atoms with Crippen LogP contribution in [0.4, 0.5) is 13.2 Å². The quantitative estimate of drug-likeness (QED) is 0.628. The van der Waals surface area contributed by atoms with Gasteiger partial charge in [0.25, 0.3) is 0 Å². The van der Waals surface area contributed by atoms with Crippen molar-refractivity contribution in [2.45, 2.75) is 44.3 Å². The lowest BCUT2D eigenvalue weighted by molar-refractivity contribution is -0.187. The van der Waals surface area contributed by atoms with Gasteiger partial charge in [-0.25, -0.2) is 0 Å². The molecule has 2 rings (SSSR count). The van der Waals surface area contributed by atoms with Gasteiger partial charge in [0.15, 0.2) is 0 Å². The van der Waals surface area contributed by atoms with Crippen molar-refractivity contribution >= 4 is 0 Å². The lowest BCUT2D eigenvalue weighted by Gasteiger charge is -2.31. The molecule has 0 amide bonds. The zero-order valence-electron chi connectivity index (χ0n) is 7.40. The molecule has 4 heteroatoms. The molecule has 0 heterocycles. The predicted molar refractivity (Wildman–Crippen MR) is 43.0 cm³/mol. The number of rotatable bonds is 0. The predicted octanol–water partition coefficient (Wildman–Crippen LogP) is 2.46. The van der Waals surface area contributed by atoms with Crippen molar-refractivity contribution in [3.8, 4) is 0 Å². The maximum absolute atomic E-state index is 12.4. The fraction of sp³-hybridized carbons (Fsp3) is 1.00. The standard InChI is InChI=1S/C9H14F3N/c10-9(11,12)6-2-1-3-8(4-6)5-7(8)13/h6-7H,1-5,13H2/t6-,7-,8+/m1/s1.